The van der Waals surface area contributed by atoms with Gasteiger partial charge in [0.25, 0.3) is 0 Å². The first-order valence-electron chi connectivity index (χ1n) is 4.95. The Morgan fingerprint density at radius 1 is 1.60 bits per heavy atom. The zero-order chi connectivity index (χ0) is 11.3. The smallest absolute Gasteiger partial charge is 0.148 e. The standard InChI is InChI=1S/C10H17N3OS/c1-8-6-10(13-12-7-8)11-5-4-9(2)15(3)14/h6-7,9H,4-5H2,1-3H3,(H,11,13). The van der Waals surface area contributed by atoms with Crippen LogP contribution in [-0.2, 0) is 10.8 Å². The van der Waals surface area contributed by atoms with Gasteiger partial charge in [-0.1, -0.05) is 6.92 Å². The molecular weight excluding hydrogens is 210 g/mol. The third kappa shape index (κ3) is 4.38. The average molecular weight is 227 g/mol. The van der Waals surface area contributed by atoms with Crippen molar-refractivity contribution in [2.75, 3.05) is 18.1 Å². The summed E-state index contributed by atoms with van der Waals surface area (Å²) < 4.78 is 11.1. The van der Waals surface area contributed by atoms with E-state index < -0.39 is 10.8 Å². The largest absolute Gasteiger partial charge is 0.369 e. The molecule has 5 heteroatoms. The van der Waals surface area contributed by atoms with Crippen molar-refractivity contribution in [3.63, 3.8) is 0 Å². The summed E-state index contributed by atoms with van der Waals surface area (Å²) in [5, 5.41) is 11.2. The van der Waals surface area contributed by atoms with Crippen molar-refractivity contribution in [1.29, 1.82) is 0 Å². The maximum atomic E-state index is 11.1. The van der Waals surface area contributed by atoms with Gasteiger partial charge in [0, 0.05) is 28.9 Å². The summed E-state index contributed by atoms with van der Waals surface area (Å²) in [6.45, 7) is 4.74. The highest BCUT2D eigenvalue weighted by atomic mass is 32.2. The first-order valence-corrected chi connectivity index (χ1v) is 6.57. The number of hydrogen-bond acceptors (Lipinski definition) is 4. The van der Waals surface area contributed by atoms with E-state index in [-0.39, 0.29) is 5.25 Å². The van der Waals surface area contributed by atoms with Crippen LogP contribution in [0.25, 0.3) is 0 Å². The molecule has 1 rings (SSSR count). The maximum Gasteiger partial charge on any atom is 0.148 e. The molecule has 0 aliphatic rings. The van der Waals surface area contributed by atoms with Crippen molar-refractivity contribution in [1.82, 2.24) is 10.2 Å². The van der Waals surface area contributed by atoms with Crippen LogP contribution in [0, 0.1) is 6.92 Å². The Kier molecular flexibility index (Phi) is 4.68. The van der Waals surface area contributed by atoms with E-state index in [1.807, 2.05) is 19.9 Å². The molecular formula is C10H17N3OS. The molecule has 1 heterocycles. The molecule has 0 spiro atoms. The number of rotatable bonds is 5. The van der Waals surface area contributed by atoms with Crippen LogP contribution in [0.15, 0.2) is 12.3 Å². The van der Waals surface area contributed by atoms with Gasteiger partial charge in [-0.25, -0.2) is 0 Å². The second kappa shape index (κ2) is 5.80. The second-order valence-corrected chi connectivity index (χ2v) is 5.44. The molecule has 0 radical (unpaired) electrons. The Bertz CT molecular complexity index is 343. The van der Waals surface area contributed by atoms with Gasteiger partial charge in [0.15, 0.2) is 0 Å². The molecule has 0 saturated heterocycles. The third-order valence-electron chi connectivity index (χ3n) is 2.21. The monoisotopic (exact) mass is 227 g/mol. The van der Waals surface area contributed by atoms with Crippen LogP contribution in [-0.4, -0.2) is 32.5 Å². The SMILES string of the molecule is Cc1cnnc(NCCC(C)S(C)=O)c1. The van der Waals surface area contributed by atoms with E-state index in [0.29, 0.717) is 0 Å². The zero-order valence-electron chi connectivity index (χ0n) is 9.36. The van der Waals surface area contributed by atoms with Gasteiger partial charge >= 0.3 is 0 Å². The Morgan fingerprint density at radius 2 is 2.33 bits per heavy atom. The topological polar surface area (TPSA) is 54.9 Å². The van der Waals surface area contributed by atoms with Gasteiger partial charge in [0.2, 0.25) is 0 Å². The van der Waals surface area contributed by atoms with E-state index in [9.17, 15) is 4.21 Å². The first kappa shape index (κ1) is 12.1. The molecule has 0 saturated carbocycles. The van der Waals surface area contributed by atoms with Gasteiger partial charge in [0.1, 0.15) is 5.82 Å². The van der Waals surface area contributed by atoms with E-state index in [1.54, 1.807) is 12.5 Å². The van der Waals surface area contributed by atoms with Crippen molar-refractivity contribution in [2.24, 2.45) is 0 Å². The van der Waals surface area contributed by atoms with Crippen LogP contribution in [0.3, 0.4) is 0 Å². The van der Waals surface area contributed by atoms with Crippen molar-refractivity contribution in [2.45, 2.75) is 25.5 Å². The van der Waals surface area contributed by atoms with Crippen molar-refractivity contribution >= 4 is 16.6 Å². The molecule has 0 fully saturated rings. The van der Waals surface area contributed by atoms with E-state index in [0.717, 1.165) is 24.3 Å². The lowest BCUT2D eigenvalue weighted by Gasteiger charge is -2.09. The summed E-state index contributed by atoms with van der Waals surface area (Å²) in [5.74, 6) is 0.782. The van der Waals surface area contributed by atoms with Gasteiger partial charge in [-0.05, 0) is 25.0 Å². The Balaban J connectivity index is 2.35. The number of nitrogens with zero attached hydrogens (tertiary/aromatic N) is 2. The van der Waals surface area contributed by atoms with Gasteiger partial charge in [0.05, 0.1) is 6.20 Å². The molecule has 0 bridgehead atoms. The summed E-state index contributed by atoms with van der Waals surface area (Å²) in [7, 11) is -0.749. The number of aromatic nitrogens is 2. The number of aryl methyl sites for hydroxylation is 1. The third-order valence-corrected chi connectivity index (χ3v) is 3.58. The minimum atomic E-state index is -0.749. The van der Waals surface area contributed by atoms with E-state index in [4.69, 9.17) is 0 Å². The fourth-order valence-electron chi connectivity index (χ4n) is 1.12. The van der Waals surface area contributed by atoms with Crippen molar-refractivity contribution in [3.8, 4) is 0 Å². The molecule has 1 N–H and O–H groups in total. The molecule has 84 valence electrons. The van der Waals surface area contributed by atoms with E-state index in [2.05, 4.69) is 15.5 Å². The van der Waals surface area contributed by atoms with Gasteiger partial charge in [-0.3, -0.25) is 4.21 Å². The highest BCUT2D eigenvalue weighted by molar-refractivity contribution is 7.84. The fraction of sp³-hybridized carbons (Fsp3) is 0.600. The summed E-state index contributed by atoms with van der Waals surface area (Å²) >= 11 is 0. The maximum absolute atomic E-state index is 11.1. The van der Waals surface area contributed by atoms with Crippen LogP contribution < -0.4 is 5.32 Å². The quantitative estimate of drug-likeness (QED) is 0.825. The van der Waals surface area contributed by atoms with Crippen LogP contribution >= 0.6 is 0 Å². The lowest BCUT2D eigenvalue weighted by atomic mass is 10.3. The molecule has 0 amide bonds. The summed E-state index contributed by atoms with van der Waals surface area (Å²) in [4.78, 5) is 0. The molecule has 1 aromatic heterocycles. The molecule has 2 unspecified atom stereocenters. The van der Waals surface area contributed by atoms with Crippen LogP contribution in [0.5, 0.6) is 0 Å². The fourth-order valence-corrected chi connectivity index (χ4v) is 1.57. The predicted molar refractivity (Wildman–Crippen MR) is 63.4 cm³/mol. The van der Waals surface area contributed by atoms with Gasteiger partial charge in [-0.15, -0.1) is 5.10 Å². The second-order valence-electron chi connectivity index (χ2n) is 3.64. The highest BCUT2D eigenvalue weighted by Gasteiger charge is 2.05. The molecule has 1 aromatic rings. The van der Waals surface area contributed by atoms with Crippen LogP contribution in [0.4, 0.5) is 5.82 Å². The average Bonchev–Trinajstić information content (AvgIpc) is 2.17. The summed E-state index contributed by atoms with van der Waals surface area (Å²) in [5.41, 5.74) is 1.08. The van der Waals surface area contributed by atoms with Crippen molar-refractivity contribution < 1.29 is 4.21 Å². The summed E-state index contributed by atoms with van der Waals surface area (Å²) in [6, 6.07) is 1.95. The molecule has 4 nitrogen and oxygen atoms in total. The molecule has 0 aliphatic carbocycles. The molecule has 15 heavy (non-hydrogen) atoms. The van der Waals surface area contributed by atoms with Gasteiger partial charge < -0.3 is 5.32 Å². The number of nitrogens with one attached hydrogen (secondary N) is 1. The number of anilines is 1. The Hall–Kier alpha value is -0.970. The Labute approximate surface area is 93.0 Å². The van der Waals surface area contributed by atoms with E-state index in [1.165, 1.54) is 0 Å². The summed E-state index contributed by atoms with van der Waals surface area (Å²) in [6.07, 6.45) is 4.32. The highest BCUT2D eigenvalue weighted by Crippen LogP contribution is 2.05. The minimum absolute atomic E-state index is 0.218. The van der Waals surface area contributed by atoms with E-state index >= 15 is 0 Å². The lowest BCUT2D eigenvalue weighted by Crippen LogP contribution is -2.15. The zero-order valence-corrected chi connectivity index (χ0v) is 10.2. The lowest BCUT2D eigenvalue weighted by molar-refractivity contribution is 0.672. The van der Waals surface area contributed by atoms with Crippen LogP contribution in [0.1, 0.15) is 18.9 Å². The van der Waals surface area contributed by atoms with Gasteiger partial charge in [-0.2, -0.15) is 5.10 Å². The molecule has 2 atom stereocenters. The predicted octanol–water partition coefficient (Wildman–Crippen LogP) is 1.35. The normalized spacial score (nSPS) is 14.6. The Morgan fingerprint density at radius 3 is 2.93 bits per heavy atom. The van der Waals surface area contributed by atoms with Crippen LogP contribution in [0.2, 0.25) is 0 Å². The molecule has 0 aliphatic heterocycles. The van der Waals surface area contributed by atoms with Crippen molar-refractivity contribution in [3.05, 3.63) is 17.8 Å². The first-order chi connectivity index (χ1) is 7.09. The minimum Gasteiger partial charge on any atom is -0.369 e. The number of hydrogen-bond donors (Lipinski definition) is 1. The molecule has 0 aromatic carbocycles.